The molecule has 13 heavy (non-hydrogen) atoms. The van der Waals surface area contributed by atoms with E-state index in [0.717, 1.165) is 17.1 Å². The van der Waals surface area contributed by atoms with Crippen LogP contribution >= 0.6 is 0 Å². The molecule has 66 valence electrons. The average molecular weight is 175 g/mol. The van der Waals surface area contributed by atoms with Gasteiger partial charge in [-0.1, -0.05) is 5.10 Å². The van der Waals surface area contributed by atoms with Crippen molar-refractivity contribution in [2.75, 3.05) is 7.05 Å². The van der Waals surface area contributed by atoms with Crippen LogP contribution in [0.5, 0.6) is 0 Å². The van der Waals surface area contributed by atoms with Gasteiger partial charge in [0.1, 0.15) is 12.8 Å². The Morgan fingerprint density at radius 1 is 1.54 bits per heavy atom. The van der Waals surface area contributed by atoms with Crippen LogP contribution in [0.4, 0.5) is 0 Å². The fourth-order valence-corrected chi connectivity index (χ4v) is 1.26. The van der Waals surface area contributed by atoms with Crippen LogP contribution < -0.4 is 5.73 Å². The molecule has 0 saturated carbocycles. The van der Waals surface area contributed by atoms with Crippen LogP contribution in [0.3, 0.4) is 0 Å². The number of pyridine rings is 1. The van der Waals surface area contributed by atoms with E-state index in [4.69, 9.17) is 5.73 Å². The van der Waals surface area contributed by atoms with Gasteiger partial charge in [0.25, 0.3) is 5.84 Å². The lowest BCUT2D eigenvalue weighted by atomic mass is 10.1. The minimum absolute atomic E-state index is 0.711. The first kappa shape index (κ1) is 7.91. The van der Waals surface area contributed by atoms with Gasteiger partial charge in [0.05, 0.1) is 6.42 Å². The molecule has 0 amide bonds. The second-order valence-electron chi connectivity index (χ2n) is 2.98. The van der Waals surface area contributed by atoms with E-state index in [2.05, 4.69) is 10.1 Å². The summed E-state index contributed by atoms with van der Waals surface area (Å²) in [6.07, 6.45) is 4.25. The van der Waals surface area contributed by atoms with Gasteiger partial charge < -0.3 is 0 Å². The number of nitrogens with zero attached hydrogens (tertiary/aromatic N) is 3. The SMILES string of the molecule is C[N+]1=C(N)CC(c2cccnc2)=N1. The molecule has 0 unspecified atom stereocenters. The Bertz CT molecular complexity index is 378. The molecule has 0 spiro atoms. The zero-order valence-corrected chi connectivity index (χ0v) is 7.44. The van der Waals surface area contributed by atoms with Gasteiger partial charge in [-0.2, -0.15) is 0 Å². The molecule has 0 aliphatic carbocycles. The second-order valence-corrected chi connectivity index (χ2v) is 2.98. The van der Waals surface area contributed by atoms with Gasteiger partial charge in [-0.25, -0.2) is 0 Å². The fraction of sp³-hybridized carbons (Fsp3) is 0.222. The number of nitrogens with two attached hydrogens (primary N) is 1. The van der Waals surface area contributed by atoms with E-state index in [-0.39, 0.29) is 0 Å². The zero-order valence-electron chi connectivity index (χ0n) is 7.44. The van der Waals surface area contributed by atoms with Crippen molar-refractivity contribution in [2.45, 2.75) is 6.42 Å². The van der Waals surface area contributed by atoms with E-state index in [1.165, 1.54) is 0 Å². The minimum Gasteiger partial charge on any atom is -0.289 e. The van der Waals surface area contributed by atoms with Crippen molar-refractivity contribution in [3.63, 3.8) is 0 Å². The largest absolute Gasteiger partial charge is 0.289 e. The zero-order chi connectivity index (χ0) is 9.26. The van der Waals surface area contributed by atoms with E-state index >= 15 is 0 Å². The number of hydrogen-bond acceptors (Lipinski definition) is 3. The lowest BCUT2D eigenvalue weighted by Crippen LogP contribution is -2.18. The topological polar surface area (TPSA) is 54.3 Å². The lowest BCUT2D eigenvalue weighted by molar-refractivity contribution is -0.500. The Labute approximate surface area is 76.4 Å². The third-order valence-corrected chi connectivity index (χ3v) is 2.03. The maximum Gasteiger partial charge on any atom is 0.273 e. The van der Waals surface area contributed by atoms with Crippen LogP contribution in [0.1, 0.15) is 12.0 Å². The molecule has 1 aliphatic heterocycles. The van der Waals surface area contributed by atoms with E-state index in [1.54, 1.807) is 17.1 Å². The Hall–Kier alpha value is -1.71. The van der Waals surface area contributed by atoms with Crippen LogP contribution in [0.25, 0.3) is 0 Å². The van der Waals surface area contributed by atoms with Crippen molar-refractivity contribution in [3.8, 4) is 0 Å². The van der Waals surface area contributed by atoms with E-state index < -0.39 is 0 Å². The molecule has 1 aliphatic rings. The molecular formula is C9H11N4+. The summed E-state index contributed by atoms with van der Waals surface area (Å²) in [4.78, 5) is 4.03. The molecular weight excluding hydrogens is 164 g/mol. The fourth-order valence-electron chi connectivity index (χ4n) is 1.26. The Morgan fingerprint density at radius 3 is 2.92 bits per heavy atom. The van der Waals surface area contributed by atoms with E-state index in [9.17, 15) is 0 Å². The number of aromatic nitrogens is 1. The summed E-state index contributed by atoms with van der Waals surface area (Å²) in [6, 6.07) is 3.88. The van der Waals surface area contributed by atoms with Crippen LogP contribution in [-0.2, 0) is 0 Å². The van der Waals surface area contributed by atoms with Crippen molar-refractivity contribution in [1.82, 2.24) is 4.98 Å². The predicted molar refractivity (Wildman–Crippen MR) is 50.8 cm³/mol. The second kappa shape index (κ2) is 2.97. The smallest absolute Gasteiger partial charge is 0.273 e. The quantitative estimate of drug-likeness (QED) is 0.619. The highest BCUT2D eigenvalue weighted by Crippen LogP contribution is 2.07. The first-order valence-electron chi connectivity index (χ1n) is 4.10. The van der Waals surface area contributed by atoms with Crippen molar-refractivity contribution >= 4 is 11.5 Å². The molecule has 4 nitrogen and oxygen atoms in total. The van der Waals surface area contributed by atoms with Gasteiger partial charge in [-0.3, -0.25) is 10.7 Å². The van der Waals surface area contributed by atoms with E-state index in [1.807, 2.05) is 19.2 Å². The van der Waals surface area contributed by atoms with Crippen molar-refractivity contribution in [3.05, 3.63) is 30.1 Å². The van der Waals surface area contributed by atoms with Crippen molar-refractivity contribution in [2.24, 2.45) is 10.8 Å². The Morgan fingerprint density at radius 2 is 2.38 bits per heavy atom. The summed E-state index contributed by atoms with van der Waals surface area (Å²) in [5, 5.41) is 4.29. The minimum atomic E-state index is 0.711. The molecule has 1 aromatic rings. The maximum atomic E-state index is 5.71. The average Bonchev–Trinajstić information content (AvgIpc) is 2.49. The predicted octanol–water partition coefficient (Wildman–Crippen LogP) is 0.189. The molecule has 0 fully saturated rings. The maximum absolute atomic E-state index is 5.71. The number of hydrazone groups is 1. The molecule has 2 heterocycles. The monoisotopic (exact) mass is 175 g/mol. The Balaban J connectivity index is 2.29. The highest BCUT2D eigenvalue weighted by molar-refractivity contribution is 6.11. The highest BCUT2D eigenvalue weighted by atomic mass is 15.4. The van der Waals surface area contributed by atoms with Crippen LogP contribution in [0, 0.1) is 0 Å². The van der Waals surface area contributed by atoms with Gasteiger partial charge in [0, 0.05) is 18.0 Å². The molecule has 2 N–H and O–H groups in total. The van der Waals surface area contributed by atoms with Crippen LogP contribution in [0.2, 0.25) is 0 Å². The van der Waals surface area contributed by atoms with Gasteiger partial charge in [0.15, 0.2) is 0 Å². The van der Waals surface area contributed by atoms with Gasteiger partial charge in [-0.15, -0.1) is 4.68 Å². The van der Waals surface area contributed by atoms with E-state index in [0.29, 0.717) is 6.42 Å². The van der Waals surface area contributed by atoms with Crippen molar-refractivity contribution < 1.29 is 4.68 Å². The molecule has 0 bridgehead atoms. The molecule has 0 radical (unpaired) electrons. The summed E-state index contributed by atoms with van der Waals surface area (Å²) in [5.41, 5.74) is 7.73. The molecule has 0 atom stereocenters. The molecule has 2 rings (SSSR count). The third kappa shape index (κ3) is 1.42. The normalized spacial score (nSPS) is 16.2. The standard InChI is InChI=1S/C9H10N4/c1-13-9(10)5-8(12-13)7-3-2-4-11-6-7/h2-4,6,10H,5H2,1H3/p+1. The third-order valence-electron chi connectivity index (χ3n) is 2.03. The molecule has 1 aromatic heterocycles. The summed E-state index contributed by atoms with van der Waals surface area (Å²) in [6.45, 7) is 0. The Kier molecular flexibility index (Phi) is 1.81. The highest BCUT2D eigenvalue weighted by Gasteiger charge is 2.19. The number of rotatable bonds is 1. The number of hydrogen-bond donors (Lipinski definition) is 1. The number of amidine groups is 1. The molecule has 0 saturated heterocycles. The molecule has 4 heteroatoms. The summed E-state index contributed by atoms with van der Waals surface area (Å²) in [5.74, 6) is 0.777. The summed E-state index contributed by atoms with van der Waals surface area (Å²) >= 11 is 0. The van der Waals surface area contributed by atoms with Gasteiger partial charge >= 0.3 is 0 Å². The lowest BCUT2D eigenvalue weighted by Gasteiger charge is -1.94. The van der Waals surface area contributed by atoms with Crippen molar-refractivity contribution in [1.29, 1.82) is 0 Å². The van der Waals surface area contributed by atoms with Gasteiger partial charge in [-0.05, 0) is 12.1 Å². The van der Waals surface area contributed by atoms with Crippen LogP contribution in [0.15, 0.2) is 29.6 Å². The molecule has 0 aromatic carbocycles. The van der Waals surface area contributed by atoms with Gasteiger partial charge in [0.2, 0.25) is 0 Å². The summed E-state index contributed by atoms with van der Waals surface area (Å²) < 4.78 is 1.70. The first-order chi connectivity index (χ1) is 6.27. The summed E-state index contributed by atoms with van der Waals surface area (Å²) in [7, 11) is 1.85. The van der Waals surface area contributed by atoms with Crippen LogP contribution in [-0.4, -0.2) is 28.3 Å². The first-order valence-corrected chi connectivity index (χ1v) is 4.10.